The zero-order valence-corrected chi connectivity index (χ0v) is 76.0. The van der Waals surface area contributed by atoms with Crippen molar-refractivity contribution >= 4 is 55.9 Å². The Hall–Kier alpha value is -17.0. The normalized spacial score (nSPS) is 13.0. The Morgan fingerprint density at radius 2 is 0.474 bits per heavy atom. The van der Waals surface area contributed by atoms with Gasteiger partial charge in [-0.25, -0.2) is 29.9 Å². The standard InChI is InChI=1S/C45H29N5.C40H37N5.C35H27N5/c1-3-15-34-32(13-1)33-14-2-4-16-35(33)45(34)36-17-5-7-21-42(36)50(43-22-8-6-18-37(43)45)31-25-23-30(24-26-31)44-48-40(38-19-9-11-27-46-38)29-41(49-44)39-20-10-12-28-47-39;1-39(2,3)27-15-19-36-30(23-27)31-24-28(40(4,5)6)16-20-37(31)45(36)29-17-13-26(14-18-29)38-43-34(32-11-7-9-21-41-32)25-35(44-38)33-12-8-10-22-42-33;1-35(2)26-11-3-5-15-32(26)40(33-16-6-4-12-27(33)35)25-19-17-24(18-20-25)34-38-30(28-13-7-9-21-36-28)23-31(39-34)29-14-8-10-22-37-29/h1-29H;7-25H,1-6H3;3-23H,1-2H3. The fraction of sp³-hybridized carbons (Fsp3) is 0.100. The molecule has 2 aliphatic heterocycles. The summed E-state index contributed by atoms with van der Waals surface area (Å²) in [5.74, 6) is 1.89. The van der Waals surface area contributed by atoms with Gasteiger partial charge in [0.15, 0.2) is 17.5 Å². The summed E-state index contributed by atoms with van der Waals surface area (Å²) in [6.45, 7) is 18.3. The molecule has 0 fully saturated rings. The molecule has 15 nitrogen and oxygen atoms in total. The van der Waals surface area contributed by atoms with E-state index >= 15 is 0 Å². The largest absolute Gasteiger partial charge is 0.310 e. The zero-order valence-electron chi connectivity index (χ0n) is 76.0. The molecule has 0 saturated heterocycles. The van der Waals surface area contributed by atoms with Gasteiger partial charge >= 0.3 is 0 Å². The van der Waals surface area contributed by atoms with Crippen LogP contribution in [-0.2, 0) is 21.7 Å². The number of benzene rings is 11. The van der Waals surface area contributed by atoms with E-state index in [1.807, 2.05) is 127 Å². The molecule has 0 atom stereocenters. The van der Waals surface area contributed by atoms with Crippen LogP contribution < -0.4 is 9.80 Å². The summed E-state index contributed by atoms with van der Waals surface area (Å²) in [5.41, 5.74) is 35.1. The average molecular weight is 1750 g/mol. The first-order chi connectivity index (χ1) is 66.0. The molecule has 0 bridgehead atoms. The monoisotopic (exact) mass is 1740 g/mol. The third-order valence-corrected chi connectivity index (χ3v) is 26.1. The average Bonchev–Trinajstić information content (AvgIpc) is 1.59. The maximum Gasteiger partial charge on any atom is 0.160 e. The van der Waals surface area contributed by atoms with E-state index in [-0.39, 0.29) is 16.2 Å². The molecule has 0 radical (unpaired) electrons. The summed E-state index contributed by atoms with van der Waals surface area (Å²) in [6, 6.07) is 133. The van der Waals surface area contributed by atoms with Gasteiger partial charge < -0.3 is 14.4 Å². The van der Waals surface area contributed by atoms with Crippen LogP contribution in [0.1, 0.15) is 99.9 Å². The highest BCUT2D eigenvalue weighted by molar-refractivity contribution is 6.10. The van der Waals surface area contributed by atoms with Gasteiger partial charge in [-0.3, -0.25) is 29.9 Å². The van der Waals surface area contributed by atoms with Crippen LogP contribution in [0.2, 0.25) is 0 Å². The maximum absolute atomic E-state index is 4.99. The van der Waals surface area contributed by atoms with Gasteiger partial charge in [0, 0.05) is 87.1 Å². The fourth-order valence-corrected chi connectivity index (χ4v) is 19.4. The fourth-order valence-electron chi connectivity index (χ4n) is 19.4. The number of rotatable bonds is 12. The zero-order chi connectivity index (χ0) is 91.5. The molecule has 648 valence electrons. The lowest BCUT2D eigenvalue weighted by molar-refractivity contribution is 0.590. The Kier molecular flexibility index (Phi) is 21.3. The molecule has 12 heterocycles. The second kappa shape index (κ2) is 34.4. The van der Waals surface area contributed by atoms with E-state index in [1.54, 1.807) is 37.2 Å². The van der Waals surface area contributed by atoms with Crippen molar-refractivity contribution < 1.29 is 0 Å². The van der Waals surface area contributed by atoms with E-state index < -0.39 is 5.41 Å². The lowest BCUT2D eigenvalue weighted by Gasteiger charge is -2.45. The SMILES string of the molecule is CC(C)(C)c1ccc2c(c1)c1cc(C(C)(C)C)ccc1n2-c1ccc(-c2nc(-c3ccccn3)cc(-c3ccccn3)n2)cc1.CC1(C)c2ccccc2N(c2ccc(-c3nc(-c4ccccn4)cc(-c4ccccn4)n3)cc2)c2ccccc21.c1ccc(-c2cc(-c3ccccn3)nc(-c3ccc(N4c5ccccc5C5(c6ccccc6-c6ccccc65)c5ccccc54)cc3)n2)nc1. The molecule has 0 unspecified atom stereocenters. The van der Waals surface area contributed by atoms with Gasteiger partial charge in [-0.2, -0.15) is 0 Å². The lowest BCUT2D eigenvalue weighted by atomic mass is 9.64. The van der Waals surface area contributed by atoms with E-state index in [2.05, 4.69) is 354 Å². The van der Waals surface area contributed by atoms with Crippen molar-refractivity contribution in [1.29, 1.82) is 0 Å². The van der Waals surface area contributed by atoms with Gasteiger partial charge in [-0.15, -0.1) is 0 Å². The summed E-state index contributed by atoms with van der Waals surface area (Å²) in [5, 5.41) is 2.55. The first kappa shape index (κ1) is 83.6. The summed E-state index contributed by atoms with van der Waals surface area (Å²) < 4.78 is 2.37. The van der Waals surface area contributed by atoms with E-state index in [9.17, 15) is 0 Å². The van der Waals surface area contributed by atoms with E-state index in [1.165, 1.54) is 88.8 Å². The van der Waals surface area contributed by atoms with Crippen LogP contribution in [0, 0.1) is 0 Å². The second-order valence-electron chi connectivity index (χ2n) is 36.8. The van der Waals surface area contributed by atoms with Gasteiger partial charge in [-0.05, 0) is 279 Å². The molecule has 15 heteroatoms. The van der Waals surface area contributed by atoms with Gasteiger partial charge in [0.1, 0.15) is 0 Å². The third kappa shape index (κ3) is 15.4. The van der Waals surface area contributed by atoms with Gasteiger partial charge in [0.2, 0.25) is 0 Å². The molecule has 24 rings (SSSR count). The van der Waals surface area contributed by atoms with Gasteiger partial charge in [-0.1, -0.05) is 225 Å². The first-order valence-corrected chi connectivity index (χ1v) is 45.7. The van der Waals surface area contributed by atoms with Crippen LogP contribution in [0.15, 0.2) is 419 Å². The predicted molar refractivity (Wildman–Crippen MR) is 546 cm³/mol. The quantitative estimate of drug-likeness (QED) is 0.113. The molecule has 135 heavy (non-hydrogen) atoms. The molecule has 11 aromatic carbocycles. The van der Waals surface area contributed by atoms with Crippen LogP contribution in [0.4, 0.5) is 34.1 Å². The molecular formula is C120H93N15. The Morgan fingerprint density at radius 3 is 0.756 bits per heavy atom. The number of anilines is 6. The molecule has 0 saturated carbocycles. The molecule has 10 aromatic heterocycles. The van der Waals surface area contributed by atoms with Crippen molar-refractivity contribution in [2.45, 2.75) is 77.0 Å². The predicted octanol–water partition coefficient (Wildman–Crippen LogP) is 28.8. The Labute approximate surface area is 785 Å². The Bertz CT molecular complexity index is 7610. The number of nitrogens with zero attached hydrogens (tertiary/aromatic N) is 15. The smallest absolute Gasteiger partial charge is 0.160 e. The molecule has 21 aromatic rings. The molecule has 1 aliphatic carbocycles. The van der Waals surface area contributed by atoms with Crippen molar-refractivity contribution in [2.75, 3.05) is 9.80 Å². The first-order valence-electron chi connectivity index (χ1n) is 45.7. The molecular weight excluding hydrogens is 1650 g/mol. The summed E-state index contributed by atoms with van der Waals surface area (Å²) in [7, 11) is 0. The molecule has 0 N–H and O–H groups in total. The number of hydrogen-bond donors (Lipinski definition) is 0. The minimum Gasteiger partial charge on any atom is -0.310 e. The van der Waals surface area contributed by atoms with Crippen molar-refractivity contribution in [3.8, 4) is 119 Å². The summed E-state index contributed by atoms with van der Waals surface area (Å²) in [4.78, 5) is 61.8. The topological polar surface area (TPSA) is 166 Å². The maximum atomic E-state index is 4.99. The highest BCUT2D eigenvalue weighted by Gasteiger charge is 2.52. The molecule has 1 spiro atoms. The Morgan fingerprint density at radius 1 is 0.222 bits per heavy atom. The van der Waals surface area contributed by atoms with Crippen LogP contribution in [-0.4, -0.2) is 64.4 Å². The van der Waals surface area contributed by atoms with Crippen LogP contribution in [0.3, 0.4) is 0 Å². The highest BCUT2D eigenvalue weighted by Crippen LogP contribution is 2.64. The van der Waals surface area contributed by atoms with E-state index in [0.29, 0.717) is 17.5 Å². The second-order valence-corrected chi connectivity index (χ2v) is 36.8. The van der Waals surface area contributed by atoms with E-state index in [0.717, 1.165) is 113 Å². The molecule has 3 aliphatic rings. The third-order valence-electron chi connectivity index (χ3n) is 26.1. The number of aromatic nitrogens is 13. The van der Waals surface area contributed by atoms with Crippen LogP contribution >= 0.6 is 0 Å². The highest BCUT2D eigenvalue weighted by atomic mass is 15.2. The number of fused-ring (bicyclic) bond motifs is 14. The minimum absolute atomic E-state index is 0.0594. The summed E-state index contributed by atoms with van der Waals surface area (Å²) >= 11 is 0. The van der Waals surface area contributed by atoms with Crippen molar-refractivity contribution in [3.63, 3.8) is 0 Å². The molecule has 0 amide bonds. The number of para-hydroxylation sites is 4. The Balaban J connectivity index is 0.000000118. The minimum atomic E-state index is -0.432. The van der Waals surface area contributed by atoms with Crippen molar-refractivity contribution in [1.82, 2.24) is 64.4 Å². The van der Waals surface area contributed by atoms with Crippen LogP contribution in [0.5, 0.6) is 0 Å². The van der Waals surface area contributed by atoms with Crippen molar-refractivity contribution in [2.24, 2.45) is 0 Å². The van der Waals surface area contributed by atoms with Gasteiger partial charge in [0.25, 0.3) is 0 Å². The van der Waals surface area contributed by atoms with E-state index in [4.69, 9.17) is 29.9 Å². The van der Waals surface area contributed by atoms with Gasteiger partial charge in [0.05, 0.1) is 108 Å². The summed E-state index contributed by atoms with van der Waals surface area (Å²) in [6.07, 6.45) is 10.7. The van der Waals surface area contributed by atoms with Crippen LogP contribution in [0.25, 0.3) is 141 Å². The number of hydrogen-bond acceptors (Lipinski definition) is 14. The number of pyridine rings is 6. The van der Waals surface area contributed by atoms with Crippen molar-refractivity contribution in [3.05, 3.63) is 464 Å². The lowest BCUT2D eigenvalue weighted by Crippen LogP contribution is -2.36.